The summed E-state index contributed by atoms with van der Waals surface area (Å²) >= 11 is 0. The van der Waals surface area contributed by atoms with E-state index in [2.05, 4.69) is 28.9 Å². The van der Waals surface area contributed by atoms with Crippen molar-refractivity contribution in [1.82, 2.24) is 5.32 Å². The van der Waals surface area contributed by atoms with Crippen LogP contribution in [0.4, 0.5) is 0 Å². The summed E-state index contributed by atoms with van der Waals surface area (Å²) in [6.07, 6.45) is 21.7. The molecule has 5 N–H and O–H groups in total. The summed E-state index contributed by atoms with van der Waals surface area (Å²) in [6, 6.07) is 0. The van der Waals surface area contributed by atoms with Crippen LogP contribution in [0.3, 0.4) is 0 Å². The topological polar surface area (TPSA) is 119 Å². The van der Waals surface area contributed by atoms with Gasteiger partial charge in [-0.3, -0.25) is 4.52 Å². The van der Waals surface area contributed by atoms with Crippen LogP contribution in [0.25, 0.3) is 0 Å². The Morgan fingerprint density at radius 1 is 0.733 bits per heavy atom. The summed E-state index contributed by atoms with van der Waals surface area (Å²) in [4.78, 5) is 17.1. The van der Waals surface area contributed by atoms with E-state index in [1.165, 1.54) is 70.6 Å². The lowest BCUT2D eigenvalue weighted by Crippen LogP contribution is -2.21. The fourth-order valence-electron chi connectivity index (χ4n) is 2.82. The van der Waals surface area contributed by atoms with Gasteiger partial charge >= 0.3 is 7.82 Å². The van der Waals surface area contributed by atoms with E-state index < -0.39 is 7.82 Å². The van der Waals surface area contributed by atoms with Gasteiger partial charge in [0.05, 0.1) is 19.8 Å². The van der Waals surface area contributed by atoms with Gasteiger partial charge in [0.15, 0.2) is 0 Å². The van der Waals surface area contributed by atoms with Crippen molar-refractivity contribution < 1.29 is 29.1 Å². The molecule has 0 atom stereocenters. The summed E-state index contributed by atoms with van der Waals surface area (Å²) in [6.45, 7) is 3.83. The number of aliphatic hydroxyl groups excluding tert-OH is 2. The average molecular weight is 454 g/mol. The van der Waals surface area contributed by atoms with Crippen LogP contribution in [0.5, 0.6) is 0 Å². The van der Waals surface area contributed by atoms with E-state index in [-0.39, 0.29) is 19.8 Å². The number of allylic oxidation sites excluding steroid dienone is 2. The Bertz CT molecular complexity index is 386. The van der Waals surface area contributed by atoms with Crippen LogP contribution in [-0.4, -0.2) is 52.9 Å². The molecule has 0 heterocycles. The van der Waals surface area contributed by atoms with Gasteiger partial charge in [0, 0.05) is 13.1 Å². The summed E-state index contributed by atoms with van der Waals surface area (Å²) < 4.78 is 14.9. The zero-order valence-corrected chi connectivity index (χ0v) is 20.0. The predicted octanol–water partition coefficient (Wildman–Crippen LogP) is 4.69. The number of nitrogens with one attached hydrogen (secondary N) is 1. The second kappa shape index (κ2) is 26.8. The molecule has 0 saturated heterocycles. The molecule has 0 amide bonds. The van der Waals surface area contributed by atoms with Crippen LogP contribution in [-0.2, 0) is 9.09 Å². The molecular formula is C22H48NO6P. The zero-order chi connectivity index (χ0) is 22.8. The van der Waals surface area contributed by atoms with Gasteiger partial charge in [-0.2, -0.15) is 0 Å². The lowest BCUT2D eigenvalue weighted by molar-refractivity contribution is 0.193. The van der Waals surface area contributed by atoms with Crippen LogP contribution in [0.2, 0.25) is 0 Å². The predicted molar refractivity (Wildman–Crippen MR) is 124 cm³/mol. The molecule has 0 bridgehead atoms. The molecule has 0 saturated carbocycles. The van der Waals surface area contributed by atoms with Crippen molar-refractivity contribution in [3.05, 3.63) is 12.2 Å². The molecule has 0 fully saturated rings. The minimum absolute atomic E-state index is 0.139. The number of rotatable bonds is 21. The smallest absolute Gasteiger partial charge is 0.395 e. The number of phosphoric acid groups is 1. The molecule has 0 aromatic rings. The average Bonchev–Trinajstić information content (AvgIpc) is 2.70. The van der Waals surface area contributed by atoms with Crippen LogP contribution < -0.4 is 5.32 Å². The Morgan fingerprint density at radius 2 is 1.17 bits per heavy atom. The lowest BCUT2D eigenvalue weighted by atomic mass is 10.1. The second-order valence-corrected chi connectivity index (χ2v) is 8.70. The second-order valence-electron chi connectivity index (χ2n) is 7.46. The van der Waals surface area contributed by atoms with Crippen molar-refractivity contribution >= 4 is 7.82 Å². The highest BCUT2D eigenvalue weighted by atomic mass is 31.2. The van der Waals surface area contributed by atoms with E-state index in [4.69, 9.17) is 20.0 Å². The highest BCUT2D eigenvalue weighted by Crippen LogP contribution is 2.35. The summed E-state index contributed by atoms with van der Waals surface area (Å²) in [5.41, 5.74) is 0. The summed E-state index contributed by atoms with van der Waals surface area (Å²) in [7, 11) is -4.26. The summed E-state index contributed by atoms with van der Waals surface area (Å²) in [5, 5.41) is 19.1. The quantitative estimate of drug-likeness (QED) is 0.0971. The van der Waals surface area contributed by atoms with E-state index in [0.717, 1.165) is 19.3 Å². The maximum atomic E-state index is 10.5. The highest BCUT2D eigenvalue weighted by Gasteiger charge is 2.12. The van der Waals surface area contributed by atoms with Crippen molar-refractivity contribution in [1.29, 1.82) is 0 Å². The van der Waals surface area contributed by atoms with Gasteiger partial charge in [0.1, 0.15) is 0 Å². The molecule has 0 radical (unpaired) electrons. The first-order valence-electron chi connectivity index (χ1n) is 11.8. The third kappa shape index (κ3) is 35.2. The zero-order valence-electron chi connectivity index (χ0n) is 19.1. The Hall–Kier alpha value is -0.270. The van der Waals surface area contributed by atoms with E-state index in [9.17, 15) is 4.57 Å². The molecule has 30 heavy (non-hydrogen) atoms. The van der Waals surface area contributed by atoms with Gasteiger partial charge in [-0.15, -0.1) is 0 Å². The summed E-state index contributed by atoms with van der Waals surface area (Å²) in [5.74, 6) is 0. The third-order valence-electron chi connectivity index (χ3n) is 4.49. The van der Waals surface area contributed by atoms with E-state index in [1.54, 1.807) is 0 Å². The van der Waals surface area contributed by atoms with Crippen LogP contribution in [0, 0.1) is 0 Å². The fourth-order valence-corrected chi connectivity index (χ4v) is 3.18. The molecule has 0 aliphatic carbocycles. The maximum absolute atomic E-state index is 10.5. The first kappa shape index (κ1) is 31.9. The first-order valence-corrected chi connectivity index (χ1v) is 13.3. The molecule has 0 spiro atoms. The number of phosphoric ester groups is 1. The van der Waals surface area contributed by atoms with Crippen LogP contribution in [0.1, 0.15) is 96.8 Å². The van der Waals surface area contributed by atoms with Crippen LogP contribution >= 0.6 is 7.82 Å². The SMILES string of the molecule is CCCCCCCCC=CCCCCCCCCOP(=O)(O)O.OCCNCCO. The minimum Gasteiger partial charge on any atom is -0.395 e. The largest absolute Gasteiger partial charge is 0.469 e. The van der Waals surface area contributed by atoms with Gasteiger partial charge in [0.25, 0.3) is 0 Å². The molecule has 0 aromatic carbocycles. The van der Waals surface area contributed by atoms with Gasteiger partial charge in [-0.1, -0.05) is 76.9 Å². The molecular weight excluding hydrogens is 405 g/mol. The van der Waals surface area contributed by atoms with E-state index in [1.807, 2.05) is 0 Å². The first-order chi connectivity index (χ1) is 14.5. The molecule has 0 aliphatic rings. The molecule has 182 valence electrons. The van der Waals surface area contributed by atoms with Crippen LogP contribution in [0.15, 0.2) is 12.2 Å². The van der Waals surface area contributed by atoms with Gasteiger partial charge in [0.2, 0.25) is 0 Å². The van der Waals surface area contributed by atoms with Gasteiger partial charge in [-0.05, 0) is 32.1 Å². The molecule has 8 heteroatoms. The number of hydrogen-bond donors (Lipinski definition) is 5. The molecule has 7 nitrogen and oxygen atoms in total. The van der Waals surface area contributed by atoms with Gasteiger partial charge in [-0.25, -0.2) is 4.57 Å². The number of aliphatic hydroxyl groups is 2. The van der Waals surface area contributed by atoms with Crippen molar-refractivity contribution in [3.8, 4) is 0 Å². The normalized spacial score (nSPS) is 11.6. The number of hydrogen-bond acceptors (Lipinski definition) is 5. The standard InChI is InChI=1S/C18H37O4P.C4H11NO2/c1-2-3-4-5-6-7-8-9-10-11-12-13-14-15-16-17-18-22-23(19,20)21;6-3-1-5-2-4-7/h9-10H,2-8,11-18H2,1H3,(H2,19,20,21);5-7H,1-4H2. The van der Waals surface area contributed by atoms with Crippen molar-refractivity contribution in [2.75, 3.05) is 32.9 Å². The lowest BCUT2D eigenvalue weighted by Gasteiger charge is -2.04. The Morgan fingerprint density at radius 3 is 1.60 bits per heavy atom. The third-order valence-corrected chi connectivity index (χ3v) is 5.01. The highest BCUT2D eigenvalue weighted by molar-refractivity contribution is 7.46. The Kier molecular flexibility index (Phi) is 28.5. The Labute approximate surface area is 184 Å². The van der Waals surface area contributed by atoms with Gasteiger partial charge < -0.3 is 25.3 Å². The molecule has 0 aliphatic heterocycles. The molecule has 0 unspecified atom stereocenters. The molecule has 0 rings (SSSR count). The fraction of sp³-hybridized carbons (Fsp3) is 0.909. The van der Waals surface area contributed by atoms with Crippen molar-refractivity contribution in [2.24, 2.45) is 0 Å². The Balaban J connectivity index is 0. The van der Waals surface area contributed by atoms with E-state index >= 15 is 0 Å². The van der Waals surface area contributed by atoms with Crippen molar-refractivity contribution in [3.63, 3.8) is 0 Å². The maximum Gasteiger partial charge on any atom is 0.469 e. The number of unbranched alkanes of at least 4 members (excludes halogenated alkanes) is 12. The van der Waals surface area contributed by atoms with E-state index in [0.29, 0.717) is 13.1 Å². The molecule has 0 aromatic heterocycles. The minimum atomic E-state index is -4.26. The monoisotopic (exact) mass is 453 g/mol. The van der Waals surface area contributed by atoms with Crippen molar-refractivity contribution in [2.45, 2.75) is 96.8 Å².